The summed E-state index contributed by atoms with van der Waals surface area (Å²) in [5.41, 5.74) is 0.524. The number of carbonyl (C=O) groups excluding carboxylic acids is 4. The average Bonchev–Trinajstić information content (AvgIpc) is 2.85. The molecular weight excluding hydrogens is 312 g/mol. The van der Waals surface area contributed by atoms with E-state index in [2.05, 4.69) is 22.5 Å². The molecule has 132 valence electrons. The van der Waals surface area contributed by atoms with Crippen LogP contribution in [0.1, 0.15) is 26.7 Å². The molecule has 0 aromatic rings. The summed E-state index contributed by atoms with van der Waals surface area (Å²) in [5, 5.41) is 8.26. The van der Waals surface area contributed by atoms with Crippen LogP contribution >= 0.6 is 0 Å². The van der Waals surface area contributed by atoms with E-state index in [1.807, 2.05) is 6.92 Å². The summed E-state index contributed by atoms with van der Waals surface area (Å²) in [6.45, 7) is 8.26. The predicted octanol–water partition coefficient (Wildman–Crippen LogP) is -0.564. The third kappa shape index (κ3) is 6.23. The lowest BCUT2D eigenvalue weighted by molar-refractivity contribution is -0.137. The topological polar surface area (TPSA) is 108 Å². The van der Waals surface area contributed by atoms with Crippen molar-refractivity contribution in [1.29, 1.82) is 0 Å². The van der Waals surface area contributed by atoms with Gasteiger partial charge in [-0.2, -0.15) is 0 Å². The molecule has 0 aliphatic carbocycles. The highest BCUT2D eigenvalue weighted by Gasteiger charge is 2.22. The molecule has 1 rings (SSSR count). The first-order chi connectivity index (χ1) is 11.3. The summed E-state index contributed by atoms with van der Waals surface area (Å²) >= 11 is 0. The zero-order valence-corrected chi connectivity index (χ0v) is 14.1. The summed E-state index contributed by atoms with van der Waals surface area (Å²) in [5.74, 6) is -1.05. The van der Waals surface area contributed by atoms with Gasteiger partial charge in [-0.15, -0.1) is 0 Å². The maximum Gasteiger partial charge on any atom is 0.253 e. The van der Waals surface area contributed by atoms with Crippen LogP contribution in [0.2, 0.25) is 0 Å². The molecule has 24 heavy (non-hydrogen) atoms. The van der Waals surface area contributed by atoms with E-state index >= 15 is 0 Å². The van der Waals surface area contributed by atoms with E-state index in [0.717, 1.165) is 4.90 Å². The molecule has 1 atom stereocenters. The van der Waals surface area contributed by atoms with Crippen LogP contribution in [-0.4, -0.2) is 54.2 Å². The molecule has 1 aliphatic rings. The van der Waals surface area contributed by atoms with E-state index in [1.54, 1.807) is 6.92 Å². The Kier molecular flexibility index (Phi) is 7.67. The summed E-state index contributed by atoms with van der Waals surface area (Å²) in [7, 11) is 0. The van der Waals surface area contributed by atoms with Crippen LogP contribution in [0.4, 0.5) is 0 Å². The van der Waals surface area contributed by atoms with Crippen LogP contribution < -0.4 is 16.0 Å². The highest BCUT2D eigenvalue weighted by atomic mass is 16.2. The van der Waals surface area contributed by atoms with Gasteiger partial charge in [0.25, 0.3) is 11.8 Å². The molecule has 0 radical (unpaired) electrons. The first-order valence-corrected chi connectivity index (χ1v) is 7.87. The van der Waals surface area contributed by atoms with Crippen LogP contribution in [0, 0.1) is 0 Å². The molecule has 8 heteroatoms. The fourth-order valence-corrected chi connectivity index (χ4v) is 2.09. The van der Waals surface area contributed by atoms with Gasteiger partial charge >= 0.3 is 0 Å². The standard InChI is InChI=1S/C16H24N4O4/c1-4-17-16(24)12(3)19-11(2)10-18-13(21)6-5-9-20-14(22)7-8-15(20)23/h7-8,12,19H,2,4-6,9-10H2,1,3H3,(H,17,24)(H,18,21). The second kappa shape index (κ2) is 9.49. The first-order valence-electron chi connectivity index (χ1n) is 7.87. The van der Waals surface area contributed by atoms with E-state index in [1.165, 1.54) is 12.2 Å². The van der Waals surface area contributed by atoms with Crippen molar-refractivity contribution in [2.24, 2.45) is 0 Å². The fourth-order valence-electron chi connectivity index (χ4n) is 2.09. The Morgan fingerprint density at radius 2 is 1.83 bits per heavy atom. The lowest BCUT2D eigenvalue weighted by Gasteiger charge is -2.17. The number of carbonyl (C=O) groups is 4. The van der Waals surface area contributed by atoms with Gasteiger partial charge in [0.15, 0.2) is 0 Å². The monoisotopic (exact) mass is 336 g/mol. The molecule has 0 spiro atoms. The first kappa shape index (κ1) is 19.4. The van der Waals surface area contributed by atoms with E-state index in [0.29, 0.717) is 18.7 Å². The van der Waals surface area contributed by atoms with Crippen LogP contribution in [0.15, 0.2) is 24.4 Å². The molecule has 0 bridgehead atoms. The number of imide groups is 1. The number of nitrogens with one attached hydrogen (secondary N) is 3. The lowest BCUT2D eigenvalue weighted by Crippen LogP contribution is -2.43. The zero-order chi connectivity index (χ0) is 18.1. The summed E-state index contributed by atoms with van der Waals surface area (Å²) in [6.07, 6.45) is 3.01. The fraction of sp³-hybridized carbons (Fsp3) is 0.500. The van der Waals surface area contributed by atoms with Gasteiger partial charge in [-0.25, -0.2) is 0 Å². The quantitative estimate of drug-likeness (QED) is 0.463. The summed E-state index contributed by atoms with van der Waals surface area (Å²) in [4.78, 5) is 47.1. The Morgan fingerprint density at radius 3 is 2.42 bits per heavy atom. The molecule has 3 N–H and O–H groups in total. The minimum atomic E-state index is -0.436. The number of hydrogen-bond acceptors (Lipinski definition) is 5. The molecule has 1 unspecified atom stereocenters. The maximum absolute atomic E-state index is 11.7. The van der Waals surface area contributed by atoms with Gasteiger partial charge in [0.1, 0.15) is 6.04 Å². The maximum atomic E-state index is 11.7. The van der Waals surface area contributed by atoms with Gasteiger partial charge in [0, 0.05) is 37.4 Å². The van der Waals surface area contributed by atoms with Gasteiger partial charge < -0.3 is 16.0 Å². The number of hydrogen-bond donors (Lipinski definition) is 3. The van der Waals surface area contributed by atoms with E-state index in [9.17, 15) is 19.2 Å². The second-order valence-electron chi connectivity index (χ2n) is 5.41. The van der Waals surface area contributed by atoms with Crippen molar-refractivity contribution in [3.05, 3.63) is 24.4 Å². The normalized spacial score (nSPS) is 14.5. The number of nitrogens with zero attached hydrogens (tertiary/aromatic N) is 1. The summed E-state index contributed by atoms with van der Waals surface area (Å²) in [6, 6.07) is -0.436. The van der Waals surface area contributed by atoms with Crippen molar-refractivity contribution in [2.45, 2.75) is 32.7 Å². The molecular formula is C16H24N4O4. The highest BCUT2D eigenvalue weighted by Crippen LogP contribution is 2.05. The highest BCUT2D eigenvalue weighted by molar-refractivity contribution is 6.12. The predicted molar refractivity (Wildman–Crippen MR) is 88.5 cm³/mol. The van der Waals surface area contributed by atoms with Crippen molar-refractivity contribution in [2.75, 3.05) is 19.6 Å². The zero-order valence-electron chi connectivity index (χ0n) is 14.1. The second-order valence-corrected chi connectivity index (χ2v) is 5.41. The minimum absolute atomic E-state index is 0.140. The smallest absolute Gasteiger partial charge is 0.253 e. The molecule has 1 aliphatic heterocycles. The Morgan fingerprint density at radius 1 is 1.21 bits per heavy atom. The van der Waals surface area contributed by atoms with E-state index in [-0.39, 0.29) is 43.1 Å². The van der Waals surface area contributed by atoms with E-state index < -0.39 is 6.04 Å². The molecule has 0 aromatic carbocycles. The lowest BCUT2D eigenvalue weighted by atomic mass is 10.2. The van der Waals surface area contributed by atoms with Gasteiger partial charge in [-0.3, -0.25) is 24.1 Å². The van der Waals surface area contributed by atoms with Gasteiger partial charge in [0.2, 0.25) is 11.8 Å². The Labute approximate surface area is 141 Å². The van der Waals surface area contributed by atoms with Crippen molar-refractivity contribution in [1.82, 2.24) is 20.9 Å². The van der Waals surface area contributed by atoms with Crippen LogP contribution in [0.5, 0.6) is 0 Å². The average molecular weight is 336 g/mol. The molecule has 8 nitrogen and oxygen atoms in total. The molecule has 0 aromatic heterocycles. The van der Waals surface area contributed by atoms with Crippen molar-refractivity contribution in [3.8, 4) is 0 Å². The third-order valence-corrected chi connectivity index (χ3v) is 3.35. The van der Waals surface area contributed by atoms with Gasteiger partial charge in [0.05, 0.1) is 6.54 Å². The van der Waals surface area contributed by atoms with Crippen molar-refractivity contribution < 1.29 is 19.2 Å². The molecule has 0 fully saturated rings. The minimum Gasteiger partial charge on any atom is -0.376 e. The molecule has 4 amide bonds. The van der Waals surface area contributed by atoms with Crippen molar-refractivity contribution >= 4 is 23.6 Å². The largest absolute Gasteiger partial charge is 0.376 e. The number of amides is 4. The number of rotatable bonds is 10. The Hall–Kier alpha value is -2.64. The van der Waals surface area contributed by atoms with Gasteiger partial charge in [-0.05, 0) is 20.3 Å². The Balaban J connectivity index is 2.19. The molecule has 0 saturated carbocycles. The number of likely N-dealkylation sites (N-methyl/N-ethyl adjacent to an activating group) is 1. The Bertz CT molecular complexity index is 538. The van der Waals surface area contributed by atoms with E-state index in [4.69, 9.17) is 0 Å². The van der Waals surface area contributed by atoms with Crippen LogP contribution in [-0.2, 0) is 19.2 Å². The third-order valence-electron chi connectivity index (χ3n) is 3.35. The van der Waals surface area contributed by atoms with Crippen LogP contribution in [0.25, 0.3) is 0 Å². The van der Waals surface area contributed by atoms with Gasteiger partial charge in [-0.1, -0.05) is 6.58 Å². The SMILES string of the molecule is C=C(CNC(=O)CCCN1C(=O)C=CC1=O)NC(C)C(=O)NCC. The van der Waals surface area contributed by atoms with Crippen LogP contribution in [0.3, 0.4) is 0 Å². The summed E-state index contributed by atoms with van der Waals surface area (Å²) < 4.78 is 0. The molecule has 0 saturated heterocycles. The van der Waals surface area contributed by atoms with Crippen molar-refractivity contribution in [3.63, 3.8) is 0 Å². The molecule has 1 heterocycles.